The Kier molecular flexibility index (Phi) is 7.24. The third-order valence-electron chi connectivity index (χ3n) is 9.08. The first-order valence-electron chi connectivity index (χ1n) is 14.0. The standard InChI is InChI=1S/C29H35ClFN5O3/c1-33-11-8-20(9-12-33)35-10-2-3-25(35)29(39)34-13-14-36-26(17-34)27(37)32-24-7-4-18(15-22(24)28(36)38)21-6-5-19(30)16-23(21)31/h5-7,15-16,18,20,25-26H,2-4,8-14,17H2,1H3,(H,32,37)/t18?,25-,26+/m0/s1. The van der Waals surface area contributed by atoms with Gasteiger partial charge in [0.15, 0.2) is 0 Å². The number of piperazine rings is 1. The first kappa shape index (κ1) is 26.5. The number of likely N-dealkylation sites (tertiary alicyclic amines) is 2. The highest BCUT2D eigenvalue weighted by Crippen LogP contribution is 2.35. The molecule has 39 heavy (non-hydrogen) atoms. The molecular formula is C29H35ClFN5O3. The summed E-state index contributed by atoms with van der Waals surface area (Å²) in [6, 6.07) is 4.06. The lowest BCUT2D eigenvalue weighted by Gasteiger charge is -2.42. The summed E-state index contributed by atoms with van der Waals surface area (Å²) in [6.45, 7) is 3.89. The molecule has 0 radical (unpaired) electrons. The normalized spacial score (nSPS) is 28.8. The summed E-state index contributed by atoms with van der Waals surface area (Å²) in [5, 5.41) is 3.24. The van der Waals surface area contributed by atoms with Crippen LogP contribution in [-0.4, -0.2) is 102 Å². The molecule has 1 aromatic carbocycles. The van der Waals surface area contributed by atoms with Crippen LogP contribution in [0.4, 0.5) is 4.39 Å². The van der Waals surface area contributed by atoms with E-state index in [0.717, 1.165) is 45.3 Å². The molecule has 8 nitrogen and oxygen atoms in total. The summed E-state index contributed by atoms with van der Waals surface area (Å²) in [5.74, 6) is -1.23. The molecule has 1 aliphatic carbocycles. The van der Waals surface area contributed by atoms with Crippen molar-refractivity contribution in [1.29, 1.82) is 0 Å². The van der Waals surface area contributed by atoms with Gasteiger partial charge in [-0.15, -0.1) is 0 Å². The highest BCUT2D eigenvalue weighted by molar-refractivity contribution is 6.30. The van der Waals surface area contributed by atoms with Gasteiger partial charge in [0.25, 0.3) is 5.91 Å². The Morgan fingerprint density at radius 2 is 1.87 bits per heavy atom. The Balaban J connectivity index is 1.18. The van der Waals surface area contributed by atoms with E-state index in [1.54, 1.807) is 34.1 Å². The lowest BCUT2D eigenvalue weighted by molar-refractivity contribution is -0.147. The number of halogens is 2. The summed E-state index contributed by atoms with van der Waals surface area (Å²) in [6.07, 6.45) is 7.98. The molecule has 3 amide bonds. The number of carbonyl (C=O) groups is 3. The average molecular weight is 556 g/mol. The van der Waals surface area contributed by atoms with E-state index in [4.69, 9.17) is 11.6 Å². The van der Waals surface area contributed by atoms with Gasteiger partial charge in [-0.05, 0) is 76.5 Å². The molecule has 5 aliphatic rings. The van der Waals surface area contributed by atoms with E-state index in [0.29, 0.717) is 40.9 Å². The fourth-order valence-corrected chi connectivity index (χ4v) is 7.05. The van der Waals surface area contributed by atoms with Crippen LogP contribution < -0.4 is 5.32 Å². The number of allylic oxidation sites excluding steroid dienone is 2. The fraction of sp³-hybridized carbons (Fsp3) is 0.552. The average Bonchev–Trinajstić information content (AvgIpc) is 3.39. The van der Waals surface area contributed by atoms with Crippen LogP contribution in [0, 0.1) is 5.82 Å². The molecule has 0 bridgehead atoms. The third kappa shape index (κ3) is 5.00. The number of piperidine rings is 1. The molecule has 0 saturated carbocycles. The van der Waals surface area contributed by atoms with Gasteiger partial charge in [0.05, 0.1) is 18.2 Å². The van der Waals surface area contributed by atoms with E-state index in [-0.39, 0.29) is 42.8 Å². The lowest BCUT2D eigenvalue weighted by atomic mass is 9.87. The van der Waals surface area contributed by atoms with Crippen molar-refractivity contribution in [2.24, 2.45) is 0 Å². The number of benzene rings is 1. The van der Waals surface area contributed by atoms with Crippen molar-refractivity contribution in [2.45, 2.75) is 56.1 Å². The Hall–Kier alpha value is -2.75. The molecule has 4 fully saturated rings. The second-order valence-electron chi connectivity index (χ2n) is 11.4. The predicted octanol–water partition coefficient (Wildman–Crippen LogP) is 2.50. The summed E-state index contributed by atoms with van der Waals surface area (Å²) < 4.78 is 14.6. The third-order valence-corrected chi connectivity index (χ3v) is 9.31. The topological polar surface area (TPSA) is 76.2 Å². The van der Waals surface area contributed by atoms with E-state index >= 15 is 0 Å². The van der Waals surface area contributed by atoms with Crippen molar-refractivity contribution in [3.8, 4) is 0 Å². The van der Waals surface area contributed by atoms with Crippen molar-refractivity contribution in [2.75, 3.05) is 46.3 Å². The molecule has 10 heteroatoms. The van der Waals surface area contributed by atoms with Crippen LogP contribution >= 0.6 is 11.6 Å². The molecule has 208 valence electrons. The van der Waals surface area contributed by atoms with E-state index in [9.17, 15) is 18.8 Å². The largest absolute Gasteiger partial charge is 0.337 e. The minimum absolute atomic E-state index is 0.0738. The molecule has 4 heterocycles. The van der Waals surface area contributed by atoms with Crippen molar-refractivity contribution >= 4 is 29.3 Å². The summed E-state index contributed by atoms with van der Waals surface area (Å²) in [4.78, 5) is 48.8. The van der Waals surface area contributed by atoms with E-state index in [1.165, 1.54) is 6.07 Å². The SMILES string of the molecule is CN1CCC(N2CCC[C@H]2C(=O)N2CCN3C(=O)C4=CC(c5ccc(Cl)cc5F)CC=C4NC(=O)[C@H]3C2)CC1. The Bertz CT molecular complexity index is 1240. The van der Waals surface area contributed by atoms with Crippen molar-refractivity contribution in [3.63, 3.8) is 0 Å². The van der Waals surface area contributed by atoms with Crippen LogP contribution in [0.15, 0.2) is 41.6 Å². The van der Waals surface area contributed by atoms with Gasteiger partial charge >= 0.3 is 0 Å². The smallest absolute Gasteiger partial charge is 0.256 e. The van der Waals surface area contributed by atoms with Crippen LogP contribution in [0.25, 0.3) is 0 Å². The van der Waals surface area contributed by atoms with Gasteiger partial charge in [-0.25, -0.2) is 4.39 Å². The van der Waals surface area contributed by atoms with Crippen molar-refractivity contribution in [1.82, 2.24) is 24.9 Å². The van der Waals surface area contributed by atoms with E-state index in [1.807, 2.05) is 0 Å². The highest BCUT2D eigenvalue weighted by Gasteiger charge is 2.45. The zero-order chi connectivity index (χ0) is 27.3. The molecule has 6 rings (SSSR count). The molecule has 4 aliphatic heterocycles. The maximum atomic E-state index is 14.6. The zero-order valence-corrected chi connectivity index (χ0v) is 23.0. The van der Waals surface area contributed by atoms with Gasteiger partial charge in [-0.1, -0.05) is 29.8 Å². The predicted molar refractivity (Wildman–Crippen MR) is 145 cm³/mol. The van der Waals surface area contributed by atoms with Gasteiger partial charge in [-0.3, -0.25) is 19.3 Å². The number of hydrogen-bond donors (Lipinski definition) is 1. The zero-order valence-electron chi connectivity index (χ0n) is 22.2. The first-order chi connectivity index (χ1) is 18.8. The van der Waals surface area contributed by atoms with Crippen LogP contribution in [0.2, 0.25) is 5.02 Å². The monoisotopic (exact) mass is 555 g/mol. The summed E-state index contributed by atoms with van der Waals surface area (Å²) >= 11 is 5.92. The number of rotatable bonds is 3. The molecular weight excluding hydrogens is 521 g/mol. The van der Waals surface area contributed by atoms with E-state index < -0.39 is 11.9 Å². The Labute approximate surface area is 233 Å². The Morgan fingerprint density at radius 1 is 1.08 bits per heavy atom. The van der Waals surface area contributed by atoms with Crippen LogP contribution in [0.5, 0.6) is 0 Å². The molecule has 1 unspecified atom stereocenters. The van der Waals surface area contributed by atoms with Crippen LogP contribution in [-0.2, 0) is 14.4 Å². The number of nitrogens with one attached hydrogen (secondary N) is 1. The molecule has 4 saturated heterocycles. The van der Waals surface area contributed by atoms with Gasteiger partial charge in [-0.2, -0.15) is 0 Å². The fourth-order valence-electron chi connectivity index (χ4n) is 6.89. The van der Waals surface area contributed by atoms with Gasteiger partial charge in [0.1, 0.15) is 11.9 Å². The maximum Gasteiger partial charge on any atom is 0.256 e. The lowest BCUT2D eigenvalue weighted by Crippen LogP contribution is -2.62. The summed E-state index contributed by atoms with van der Waals surface area (Å²) in [5.41, 5.74) is 1.30. The number of nitrogens with zero attached hydrogens (tertiary/aromatic N) is 4. The number of hydrogen-bond acceptors (Lipinski definition) is 5. The molecule has 0 aromatic heterocycles. The second kappa shape index (κ2) is 10.7. The minimum Gasteiger partial charge on any atom is -0.337 e. The number of amides is 3. The first-order valence-corrected chi connectivity index (χ1v) is 14.4. The van der Waals surface area contributed by atoms with Gasteiger partial charge in [0, 0.05) is 35.8 Å². The highest BCUT2D eigenvalue weighted by atomic mass is 35.5. The second-order valence-corrected chi connectivity index (χ2v) is 11.9. The summed E-state index contributed by atoms with van der Waals surface area (Å²) in [7, 11) is 2.14. The Morgan fingerprint density at radius 3 is 2.64 bits per heavy atom. The van der Waals surface area contributed by atoms with Crippen molar-refractivity contribution in [3.05, 3.63) is 58.0 Å². The molecule has 1 aromatic rings. The number of carbonyl (C=O) groups excluding carboxylic acids is 3. The molecule has 1 N–H and O–H groups in total. The van der Waals surface area contributed by atoms with Crippen LogP contribution in [0.3, 0.4) is 0 Å². The molecule has 3 atom stereocenters. The van der Waals surface area contributed by atoms with Crippen LogP contribution in [0.1, 0.15) is 43.6 Å². The van der Waals surface area contributed by atoms with E-state index in [2.05, 4.69) is 22.2 Å². The quantitative estimate of drug-likeness (QED) is 0.620. The molecule has 0 spiro atoms. The van der Waals surface area contributed by atoms with Crippen molar-refractivity contribution < 1.29 is 18.8 Å². The minimum atomic E-state index is -0.758. The van der Waals surface area contributed by atoms with Gasteiger partial charge < -0.3 is 20.0 Å². The maximum absolute atomic E-state index is 14.6. The van der Waals surface area contributed by atoms with Gasteiger partial charge in [0.2, 0.25) is 11.8 Å². The number of fused-ring (bicyclic) bond motifs is 2.